The van der Waals surface area contributed by atoms with Crippen LogP contribution >= 0.6 is 0 Å². The maximum absolute atomic E-state index is 12.7. The number of hydrogen-bond acceptors (Lipinski definition) is 8. The van der Waals surface area contributed by atoms with E-state index in [0.717, 1.165) is 22.6 Å². The van der Waals surface area contributed by atoms with Crippen LogP contribution in [0.4, 0.5) is 0 Å². The van der Waals surface area contributed by atoms with Gasteiger partial charge in [0.15, 0.2) is 28.8 Å². The number of nitrogens with zero attached hydrogens (tertiary/aromatic N) is 3. The topological polar surface area (TPSA) is 96.2 Å². The number of ether oxygens (including phenoxy) is 4. The molecule has 35 heavy (non-hydrogen) atoms. The Morgan fingerprint density at radius 3 is 2.46 bits per heavy atom. The van der Waals surface area contributed by atoms with Gasteiger partial charge in [-0.2, -0.15) is 4.98 Å². The largest absolute Gasteiger partial charge is 0.493 e. The summed E-state index contributed by atoms with van der Waals surface area (Å²) in [5.74, 6) is 3.55. The average Bonchev–Trinajstić information content (AvgIpc) is 3.51. The van der Waals surface area contributed by atoms with Crippen LogP contribution in [-0.4, -0.2) is 61.5 Å². The van der Waals surface area contributed by atoms with Crippen LogP contribution in [0.2, 0.25) is 0 Å². The molecule has 3 aromatic rings. The molecule has 0 saturated carbocycles. The Bertz CT molecular complexity index is 1160. The van der Waals surface area contributed by atoms with Crippen LogP contribution in [0.15, 0.2) is 40.9 Å². The second-order valence-electron chi connectivity index (χ2n) is 8.17. The predicted octanol–water partition coefficient (Wildman–Crippen LogP) is 4.11. The van der Waals surface area contributed by atoms with Gasteiger partial charge in [0.2, 0.25) is 5.91 Å². The lowest BCUT2D eigenvalue weighted by Gasteiger charge is -2.17. The predicted molar refractivity (Wildman–Crippen MR) is 129 cm³/mol. The van der Waals surface area contributed by atoms with E-state index in [1.165, 1.54) is 0 Å². The van der Waals surface area contributed by atoms with E-state index in [0.29, 0.717) is 62.4 Å². The second kappa shape index (κ2) is 11.1. The van der Waals surface area contributed by atoms with Crippen molar-refractivity contribution < 1.29 is 28.3 Å². The molecule has 0 N–H and O–H groups in total. The minimum Gasteiger partial charge on any atom is -0.493 e. The highest BCUT2D eigenvalue weighted by molar-refractivity contribution is 5.79. The van der Waals surface area contributed by atoms with Gasteiger partial charge in [-0.25, -0.2) is 0 Å². The summed E-state index contributed by atoms with van der Waals surface area (Å²) in [6.45, 7) is 6.19. The molecular weight excluding hydrogens is 450 g/mol. The van der Waals surface area contributed by atoms with Crippen molar-refractivity contribution in [1.82, 2.24) is 15.0 Å². The highest BCUT2D eigenvalue weighted by Crippen LogP contribution is 2.34. The highest BCUT2D eigenvalue weighted by atomic mass is 16.5. The number of likely N-dealkylation sites (tertiary alicyclic amines) is 1. The van der Waals surface area contributed by atoms with Gasteiger partial charge in [0.05, 0.1) is 27.4 Å². The molecule has 1 aliphatic heterocycles. The van der Waals surface area contributed by atoms with Gasteiger partial charge in [0.25, 0.3) is 5.89 Å². The van der Waals surface area contributed by atoms with E-state index in [9.17, 15) is 4.79 Å². The number of amides is 1. The van der Waals surface area contributed by atoms with E-state index in [1.54, 1.807) is 26.4 Å². The summed E-state index contributed by atoms with van der Waals surface area (Å²) in [4.78, 5) is 19.1. The number of carbonyl (C=O) groups excluding carboxylic acids is 1. The van der Waals surface area contributed by atoms with Gasteiger partial charge in [-0.1, -0.05) is 11.2 Å². The number of hydrogen-bond donors (Lipinski definition) is 0. The fourth-order valence-corrected chi connectivity index (χ4v) is 4.16. The normalized spacial score (nSPS) is 15.4. The van der Waals surface area contributed by atoms with E-state index in [4.69, 9.17) is 23.5 Å². The summed E-state index contributed by atoms with van der Waals surface area (Å²) < 4.78 is 27.5. The molecule has 0 radical (unpaired) electrons. The summed E-state index contributed by atoms with van der Waals surface area (Å²) in [5, 5.41) is 4.15. The van der Waals surface area contributed by atoms with Gasteiger partial charge in [-0.05, 0) is 56.2 Å². The summed E-state index contributed by atoms with van der Waals surface area (Å²) in [6, 6.07) is 11.3. The molecule has 9 nitrogen and oxygen atoms in total. The van der Waals surface area contributed by atoms with Crippen LogP contribution < -0.4 is 18.9 Å². The number of methoxy groups -OCH3 is 2. The Balaban J connectivity index is 1.40. The zero-order valence-corrected chi connectivity index (χ0v) is 20.6. The Hall–Kier alpha value is -3.75. The molecule has 1 unspecified atom stereocenters. The minimum atomic E-state index is -0.112. The first-order valence-electron chi connectivity index (χ1n) is 11.8. The number of aromatic nitrogens is 2. The molecule has 1 aromatic heterocycles. The second-order valence-corrected chi connectivity index (χ2v) is 8.17. The van der Waals surface area contributed by atoms with Gasteiger partial charge in [-0.15, -0.1) is 0 Å². The first-order chi connectivity index (χ1) is 17.1. The maximum atomic E-state index is 12.7. The minimum absolute atomic E-state index is 0.0865. The molecule has 0 spiro atoms. The summed E-state index contributed by atoms with van der Waals surface area (Å²) in [7, 11) is 3.16. The molecule has 1 amide bonds. The van der Waals surface area contributed by atoms with Gasteiger partial charge < -0.3 is 28.4 Å². The molecule has 0 aliphatic carbocycles. The van der Waals surface area contributed by atoms with E-state index in [2.05, 4.69) is 10.1 Å². The van der Waals surface area contributed by atoms with Gasteiger partial charge in [0.1, 0.15) is 0 Å². The molecule has 1 fully saturated rings. The fourth-order valence-electron chi connectivity index (χ4n) is 4.16. The van der Waals surface area contributed by atoms with Crippen LogP contribution in [0.3, 0.4) is 0 Å². The van der Waals surface area contributed by atoms with Crippen molar-refractivity contribution in [2.45, 2.75) is 32.6 Å². The Labute approximate surface area is 204 Å². The lowest BCUT2D eigenvalue weighted by Crippen LogP contribution is -2.27. The third kappa shape index (κ3) is 5.50. The number of benzene rings is 2. The molecule has 1 aliphatic rings. The first-order valence-corrected chi connectivity index (χ1v) is 11.8. The standard InChI is InChI=1S/C26H31N3O6/c1-5-33-21-9-7-17(13-23(21)34-6-2)11-12-29-16-19(15-24(29)30)25-27-26(35-28-25)18-8-10-20(31-3)22(14-18)32-4/h7-10,13-14,19H,5-6,11-12,15-16H2,1-4H3. The van der Waals surface area contributed by atoms with E-state index in [1.807, 2.05) is 43.0 Å². The van der Waals surface area contributed by atoms with Crippen molar-refractivity contribution in [2.75, 3.05) is 40.5 Å². The van der Waals surface area contributed by atoms with E-state index >= 15 is 0 Å². The summed E-state index contributed by atoms with van der Waals surface area (Å²) in [6.07, 6.45) is 1.08. The van der Waals surface area contributed by atoms with Gasteiger partial charge in [-0.3, -0.25) is 4.79 Å². The van der Waals surface area contributed by atoms with Crippen molar-refractivity contribution in [3.63, 3.8) is 0 Å². The SMILES string of the molecule is CCOc1ccc(CCN2CC(c3noc(-c4ccc(OC)c(OC)c4)n3)CC2=O)cc1OCC. The number of rotatable bonds is 11. The smallest absolute Gasteiger partial charge is 0.258 e. The molecule has 1 saturated heterocycles. The Kier molecular flexibility index (Phi) is 7.74. The molecule has 1 atom stereocenters. The van der Waals surface area contributed by atoms with Crippen LogP contribution in [0.1, 0.15) is 37.6 Å². The highest BCUT2D eigenvalue weighted by Gasteiger charge is 2.33. The third-order valence-electron chi connectivity index (χ3n) is 5.93. The van der Waals surface area contributed by atoms with Crippen LogP contribution in [-0.2, 0) is 11.2 Å². The number of carbonyl (C=O) groups is 1. The monoisotopic (exact) mass is 481 g/mol. The maximum Gasteiger partial charge on any atom is 0.258 e. The molecule has 9 heteroatoms. The summed E-state index contributed by atoms with van der Waals surface area (Å²) >= 11 is 0. The zero-order valence-electron chi connectivity index (χ0n) is 20.6. The Morgan fingerprint density at radius 1 is 0.971 bits per heavy atom. The van der Waals surface area contributed by atoms with E-state index in [-0.39, 0.29) is 11.8 Å². The zero-order chi connectivity index (χ0) is 24.8. The molecule has 4 rings (SSSR count). The van der Waals surface area contributed by atoms with Crippen molar-refractivity contribution in [3.8, 4) is 34.5 Å². The van der Waals surface area contributed by atoms with Crippen molar-refractivity contribution in [3.05, 3.63) is 47.8 Å². The molecule has 0 bridgehead atoms. The molecule has 2 heterocycles. The molecule has 2 aromatic carbocycles. The van der Waals surface area contributed by atoms with Crippen molar-refractivity contribution in [2.24, 2.45) is 0 Å². The van der Waals surface area contributed by atoms with E-state index < -0.39 is 0 Å². The van der Waals surface area contributed by atoms with Crippen molar-refractivity contribution >= 4 is 5.91 Å². The molecule has 186 valence electrons. The fraction of sp³-hybridized carbons (Fsp3) is 0.423. The van der Waals surface area contributed by atoms with Gasteiger partial charge in [0, 0.05) is 31.0 Å². The third-order valence-corrected chi connectivity index (χ3v) is 5.93. The lowest BCUT2D eigenvalue weighted by atomic mass is 10.1. The Morgan fingerprint density at radius 2 is 1.71 bits per heavy atom. The first kappa shape index (κ1) is 24.4. The average molecular weight is 482 g/mol. The lowest BCUT2D eigenvalue weighted by molar-refractivity contribution is -0.127. The van der Waals surface area contributed by atoms with Crippen LogP contribution in [0.5, 0.6) is 23.0 Å². The van der Waals surface area contributed by atoms with Gasteiger partial charge >= 0.3 is 0 Å². The quantitative estimate of drug-likeness (QED) is 0.404. The van der Waals surface area contributed by atoms with Crippen molar-refractivity contribution in [1.29, 1.82) is 0 Å². The van der Waals surface area contributed by atoms with Crippen LogP contribution in [0.25, 0.3) is 11.5 Å². The van der Waals surface area contributed by atoms with Crippen LogP contribution in [0, 0.1) is 0 Å². The summed E-state index contributed by atoms with van der Waals surface area (Å²) in [5.41, 5.74) is 1.81. The molecular formula is C26H31N3O6.